The van der Waals surface area contributed by atoms with Gasteiger partial charge in [-0.2, -0.15) is 0 Å². The first-order valence-corrected chi connectivity index (χ1v) is 6.29. The largest absolute Gasteiger partial charge is 0.463 e. The van der Waals surface area contributed by atoms with E-state index in [-0.39, 0.29) is 6.61 Å². The van der Waals surface area contributed by atoms with E-state index in [4.69, 9.17) is 24.7 Å². The minimum absolute atomic E-state index is 0.283. The van der Waals surface area contributed by atoms with Gasteiger partial charge in [0.15, 0.2) is 18.5 Å². The summed E-state index contributed by atoms with van der Waals surface area (Å²) < 4.78 is 20.0. The molecule has 1 aliphatic rings. The normalized spacial score (nSPS) is 32.1. The highest BCUT2D eigenvalue weighted by molar-refractivity contribution is 5.67. The summed E-state index contributed by atoms with van der Waals surface area (Å²) >= 11 is 0. The summed E-state index contributed by atoms with van der Waals surface area (Å²) in [6, 6.07) is -1.10. The van der Waals surface area contributed by atoms with Crippen LogP contribution in [0, 0.1) is 0 Å². The number of esters is 3. The maximum Gasteiger partial charge on any atom is 0.303 e. The van der Waals surface area contributed by atoms with Crippen LogP contribution in [0.1, 0.15) is 20.8 Å². The van der Waals surface area contributed by atoms with E-state index in [0.717, 1.165) is 13.8 Å². The molecule has 0 spiro atoms. The van der Waals surface area contributed by atoms with Crippen LogP contribution in [0.15, 0.2) is 0 Å². The van der Waals surface area contributed by atoms with E-state index in [9.17, 15) is 19.5 Å². The Balaban J connectivity index is 2.94. The van der Waals surface area contributed by atoms with Crippen molar-refractivity contribution in [2.24, 2.45) is 5.73 Å². The van der Waals surface area contributed by atoms with E-state index in [1.54, 1.807) is 0 Å². The molecule has 3 N–H and O–H groups in total. The first-order valence-electron chi connectivity index (χ1n) is 6.29. The lowest BCUT2D eigenvalue weighted by atomic mass is 9.97. The molecule has 0 aromatic rings. The van der Waals surface area contributed by atoms with Crippen molar-refractivity contribution in [3.05, 3.63) is 0 Å². The molecule has 0 amide bonds. The van der Waals surface area contributed by atoms with Crippen LogP contribution in [0.25, 0.3) is 0 Å². The van der Waals surface area contributed by atoms with E-state index in [1.165, 1.54) is 6.92 Å². The third kappa shape index (κ3) is 4.96. The van der Waals surface area contributed by atoms with Gasteiger partial charge in [-0.05, 0) is 0 Å². The highest BCUT2D eigenvalue weighted by Crippen LogP contribution is 2.24. The monoisotopic (exact) mass is 305 g/mol. The van der Waals surface area contributed by atoms with Crippen molar-refractivity contribution in [3.8, 4) is 0 Å². The van der Waals surface area contributed by atoms with Gasteiger partial charge in [-0.3, -0.25) is 14.4 Å². The van der Waals surface area contributed by atoms with Gasteiger partial charge in [0.25, 0.3) is 0 Å². The second kappa shape index (κ2) is 7.34. The molecule has 0 aliphatic carbocycles. The van der Waals surface area contributed by atoms with E-state index in [1.807, 2.05) is 0 Å². The quantitative estimate of drug-likeness (QED) is 0.468. The topological polar surface area (TPSA) is 134 Å². The zero-order valence-electron chi connectivity index (χ0n) is 12.0. The van der Waals surface area contributed by atoms with Crippen molar-refractivity contribution in [1.29, 1.82) is 0 Å². The summed E-state index contributed by atoms with van der Waals surface area (Å²) in [4.78, 5) is 33.2. The van der Waals surface area contributed by atoms with Gasteiger partial charge in [0.05, 0.1) is 6.04 Å². The number of hydrogen-bond donors (Lipinski definition) is 2. The van der Waals surface area contributed by atoms with Crippen LogP contribution in [0.2, 0.25) is 0 Å². The van der Waals surface area contributed by atoms with Crippen molar-refractivity contribution in [2.45, 2.75) is 51.4 Å². The Labute approximate surface area is 121 Å². The molecule has 1 heterocycles. The maximum absolute atomic E-state index is 11.2. The molecule has 1 rings (SSSR count). The van der Waals surface area contributed by atoms with Crippen LogP contribution >= 0.6 is 0 Å². The van der Waals surface area contributed by atoms with Crippen molar-refractivity contribution < 1.29 is 38.4 Å². The van der Waals surface area contributed by atoms with Gasteiger partial charge in [-0.15, -0.1) is 0 Å². The first kappa shape index (κ1) is 17.3. The van der Waals surface area contributed by atoms with E-state index < -0.39 is 48.6 Å². The lowest BCUT2D eigenvalue weighted by Crippen LogP contribution is -2.64. The van der Waals surface area contributed by atoms with Gasteiger partial charge in [0.1, 0.15) is 12.7 Å². The van der Waals surface area contributed by atoms with Crippen LogP contribution < -0.4 is 5.73 Å². The number of rotatable bonds is 4. The third-order valence-corrected chi connectivity index (χ3v) is 2.77. The van der Waals surface area contributed by atoms with E-state index in [2.05, 4.69) is 0 Å². The minimum Gasteiger partial charge on any atom is -0.463 e. The molecular formula is C12H19NO8. The highest BCUT2D eigenvalue weighted by Gasteiger charge is 2.48. The summed E-state index contributed by atoms with van der Waals surface area (Å²) in [6.07, 6.45) is -4.67. The molecule has 9 heteroatoms. The Morgan fingerprint density at radius 3 is 2.05 bits per heavy atom. The van der Waals surface area contributed by atoms with Crippen molar-refractivity contribution in [2.75, 3.05) is 6.61 Å². The molecular weight excluding hydrogens is 286 g/mol. The second-order valence-corrected chi connectivity index (χ2v) is 4.59. The number of aliphatic hydroxyl groups excluding tert-OH is 1. The first-order chi connectivity index (χ1) is 9.72. The molecule has 0 saturated carbocycles. The minimum atomic E-state index is -1.46. The van der Waals surface area contributed by atoms with Crippen molar-refractivity contribution in [1.82, 2.24) is 0 Å². The molecule has 5 atom stereocenters. The molecule has 120 valence electrons. The van der Waals surface area contributed by atoms with Gasteiger partial charge >= 0.3 is 17.9 Å². The Kier molecular flexibility index (Phi) is 6.06. The average Bonchev–Trinajstić information content (AvgIpc) is 2.35. The Morgan fingerprint density at radius 2 is 1.57 bits per heavy atom. The van der Waals surface area contributed by atoms with Crippen LogP contribution in [-0.2, 0) is 33.3 Å². The molecule has 0 aromatic heterocycles. The van der Waals surface area contributed by atoms with Gasteiger partial charge in [0.2, 0.25) is 0 Å². The zero-order valence-corrected chi connectivity index (χ0v) is 12.0. The lowest BCUT2D eigenvalue weighted by molar-refractivity contribution is -0.260. The van der Waals surface area contributed by atoms with Gasteiger partial charge in [-0.25, -0.2) is 0 Å². The van der Waals surface area contributed by atoms with Gasteiger partial charge < -0.3 is 29.8 Å². The zero-order chi connectivity index (χ0) is 16.2. The summed E-state index contributed by atoms with van der Waals surface area (Å²) in [7, 11) is 0. The number of carbonyl (C=O) groups is 3. The summed E-state index contributed by atoms with van der Waals surface area (Å²) in [5.41, 5.74) is 5.70. The van der Waals surface area contributed by atoms with Crippen LogP contribution in [-0.4, -0.2) is 60.3 Å². The molecule has 0 bridgehead atoms. The smallest absolute Gasteiger partial charge is 0.303 e. The van der Waals surface area contributed by atoms with Gasteiger partial charge in [0, 0.05) is 20.8 Å². The lowest BCUT2D eigenvalue weighted by Gasteiger charge is -2.41. The van der Waals surface area contributed by atoms with Gasteiger partial charge in [-0.1, -0.05) is 0 Å². The fraction of sp³-hybridized carbons (Fsp3) is 0.750. The molecule has 0 radical (unpaired) electrons. The highest BCUT2D eigenvalue weighted by atomic mass is 16.7. The molecule has 0 aromatic carbocycles. The summed E-state index contributed by atoms with van der Waals surface area (Å²) in [6.45, 7) is 3.22. The standard InChI is InChI=1S/C12H19NO8/c1-5(14)18-4-8-10(19-6(2)15)11(20-7(3)16)9(13)12(17)21-8/h8-12,17H,4,13H2,1-3H3/t8-,9-,10-,11+,12+/m0/s1. The molecule has 9 nitrogen and oxygen atoms in total. The summed E-state index contributed by atoms with van der Waals surface area (Å²) in [5, 5.41) is 9.73. The molecule has 1 aliphatic heterocycles. The average molecular weight is 305 g/mol. The number of carbonyl (C=O) groups excluding carboxylic acids is 3. The SMILES string of the molecule is CC(=O)OC[C@@H]1O[C@@H](O)[C@@H](N)[C@@H](OC(C)=O)[C@H]1OC(C)=O. The van der Waals surface area contributed by atoms with Crippen LogP contribution in [0.4, 0.5) is 0 Å². The molecule has 1 fully saturated rings. The maximum atomic E-state index is 11.2. The molecule has 1 saturated heterocycles. The Morgan fingerprint density at radius 1 is 1.05 bits per heavy atom. The van der Waals surface area contributed by atoms with E-state index in [0.29, 0.717) is 0 Å². The van der Waals surface area contributed by atoms with Crippen LogP contribution in [0.5, 0.6) is 0 Å². The number of hydrogen-bond acceptors (Lipinski definition) is 9. The van der Waals surface area contributed by atoms with Crippen molar-refractivity contribution in [3.63, 3.8) is 0 Å². The second-order valence-electron chi connectivity index (χ2n) is 4.59. The summed E-state index contributed by atoms with van der Waals surface area (Å²) in [5.74, 6) is -1.89. The third-order valence-electron chi connectivity index (χ3n) is 2.77. The number of nitrogens with two attached hydrogens (primary N) is 1. The van der Waals surface area contributed by atoms with Crippen LogP contribution in [0.3, 0.4) is 0 Å². The van der Waals surface area contributed by atoms with E-state index >= 15 is 0 Å². The fourth-order valence-corrected chi connectivity index (χ4v) is 1.95. The molecule has 0 unspecified atom stereocenters. The fourth-order valence-electron chi connectivity index (χ4n) is 1.95. The Hall–Kier alpha value is -1.71. The predicted molar refractivity (Wildman–Crippen MR) is 66.6 cm³/mol. The number of aliphatic hydroxyl groups is 1. The molecule has 21 heavy (non-hydrogen) atoms. The Bertz CT molecular complexity index is 412. The van der Waals surface area contributed by atoms with Crippen molar-refractivity contribution >= 4 is 17.9 Å². The predicted octanol–water partition coefficient (Wildman–Crippen LogP) is -1.54. The number of ether oxygens (including phenoxy) is 4.